The molecule has 0 spiro atoms. The van der Waals surface area contributed by atoms with Gasteiger partial charge in [0.2, 0.25) is 6.71 Å². The maximum absolute atomic E-state index is 2.52. The molecule has 0 atom stereocenters. The van der Waals surface area contributed by atoms with Crippen molar-refractivity contribution in [2.75, 3.05) is 0 Å². The lowest BCUT2D eigenvalue weighted by Crippen LogP contribution is -2.58. The molecule has 0 aromatic heterocycles. The van der Waals surface area contributed by atoms with Gasteiger partial charge in [0.05, 0.1) is 0 Å². The summed E-state index contributed by atoms with van der Waals surface area (Å²) in [4.78, 5) is 5.58. The van der Waals surface area contributed by atoms with E-state index in [-0.39, 0.29) is 12.1 Å². The molecule has 8 aromatic rings. The van der Waals surface area contributed by atoms with Gasteiger partial charge in [-0.1, -0.05) is 164 Å². The lowest BCUT2D eigenvalue weighted by molar-refractivity contribution is 0.410. The van der Waals surface area contributed by atoms with E-state index in [0.717, 1.165) is 6.42 Å². The van der Waals surface area contributed by atoms with Gasteiger partial charge in [-0.2, -0.15) is 0 Å². The molecule has 3 heteroatoms. The highest BCUT2D eigenvalue weighted by Crippen LogP contribution is 2.43. The maximum Gasteiger partial charge on any atom is 0.247 e. The van der Waals surface area contributed by atoms with Crippen molar-refractivity contribution in [1.29, 1.82) is 0 Å². The Labute approximate surface area is 291 Å². The number of fused-ring (bicyclic) bond motifs is 4. The van der Waals surface area contributed by atoms with Crippen LogP contribution in [-0.2, 0) is 6.42 Å². The largest absolute Gasteiger partial charge is 0.247 e. The van der Waals surface area contributed by atoms with Crippen LogP contribution in [0.4, 0.5) is 0 Å². The van der Waals surface area contributed by atoms with Crippen molar-refractivity contribution in [3.05, 3.63) is 139 Å². The van der Waals surface area contributed by atoms with Gasteiger partial charge in [-0.3, -0.25) is 0 Å². The van der Waals surface area contributed by atoms with Crippen LogP contribution in [0.25, 0.3) is 54.6 Å². The van der Waals surface area contributed by atoms with Crippen LogP contribution >= 0.6 is 23.5 Å². The smallest absolute Gasteiger partial charge is 0.0911 e. The lowest BCUT2D eigenvalue weighted by atomic mass is 9.36. The molecule has 0 radical (unpaired) electrons. The first-order valence-electron chi connectivity index (χ1n) is 16.9. The number of hydrogen-bond acceptors (Lipinski definition) is 2. The van der Waals surface area contributed by atoms with E-state index in [1.165, 1.54) is 96.1 Å². The minimum Gasteiger partial charge on any atom is -0.0911 e. The van der Waals surface area contributed by atoms with Crippen LogP contribution in [0.1, 0.15) is 26.3 Å². The standard InChI is InChI=1S/C45H33BS2/c1-45(2,3)26-27-22-40-44-41(23-27)48-39-21-17-33(34-18-14-31-13-12-29-10-7-11-30-15-19-35(34)43(31)42(29)30)25-37(39)46(44)36-24-32(16-20-38(36)47-40)28-8-5-4-6-9-28/h4-25H,26H2,1-3H3. The fourth-order valence-corrected chi connectivity index (χ4v) is 10.7. The van der Waals surface area contributed by atoms with Crippen molar-refractivity contribution in [3.63, 3.8) is 0 Å². The predicted octanol–water partition coefficient (Wildman–Crippen LogP) is 11.0. The van der Waals surface area contributed by atoms with Gasteiger partial charge in [0, 0.05) is 19.6 Å². The SMILES string of the molecule is CC(C)(C)Cc1cc2c3c(c1)Sc1ccc(-c4ccc5ccc6cccc7ccc4c5c67)cc1B3c1cc(-c3ccccc3)ccc1S2. The lowest BCUT2D eigenvalue weighted by Gasteiger charge is -2.34. The van der Waals surface area contributed by atoms with Crippen molar-refractivity contribution in [3.8, 4) is 22.3 Å². The van der Waals surface area contributed by atoms with E-state index in [1.807, 2.05) is 23.5 Å². The highest BCUT2D eigenvalue weighted by molar-refractivity contribution is 8.01. The fourth-order valence-electron chi connectivity index (χ4n) is 8.24. The van der Waals surface area contributed by atoms with Crippen LogP contribution in [0.5, 0.6) is 0 Å². The Morgan fingerprint density at radius 2 is 1.10 bits per heavy atom. The normalized spacial score (nSPS) is 13.6. The quantitative estimate of drug-likeness (QED) is 0.138. The molecule has 0 unspecified atom stereocenters. The topological polar surface area (TPSA) is 0 Å². The Morgan fingerprint density at radius 1 is 0.500 bits per heavy atom. The maximum atomic E-state index is 2.52. The van der Waals surface area contributed by atoms with E-state index in [2.05, 4.69) is 154 Å². The molecular formula is C45H33BS2. The molecule has 228 valence electrons. The summed E-state index contributed by atoms with van der Waals surface area (Å²) < 4.78 is 0. The van der Waals surface area contributed by atoms with Crippen LogP contribution in [0, 0.1) is 5.41 Å². The zero-order valence-corrected chi connectivity index (χ0v) is 28.9. The molecular weight excluding hydrogens is 615 g/mol. The summed E-state index contributed by atoms with van der Waals surface area (Å²) in [5.41, 5.74) is 11.2. The molecule has 2 heterocycles. The van der Waals surface area contributed by atoms with Gasteiger partial charge in [-0.05, 0) is 102 Å². The van der Waals surface area contributed by atoms with Gasteiger partial charge >= 0.3 is 0 Å². The highest BCUT2D eigenvalue weighted by Gasteiger charge is 2.39. The number of benzene rings is 8. The molecule has 0 saturated carbocycles. The zero-order valence-electron chi connectivity index (χ0n) is 27.3. The highest BCUT2D eigenvalue weighted by atomic mass is 32.2. The van der Waals surface area contributed by atoms with Gasteiger partial charge in [0.15, 0.2) is 0 Å². The van der Waals surface area contributed by atoms with Gasteiger partial charge in [0.1, 0.15) is 0 Å². The summed E-state index contributed by atoms with van der Waals surface area (Å²) in [6.45, 7) is 7.22. The fraction of sp³-hybridized carbons (Fsp3) is 0.111. The Morgan fingerprint density at radius 3 is 1.79 bits per heavy atom. The van der Waals surface area contributed by atoms with Crippen molar-refractivity contribution >= 4 is 78.9 Å². The van der Waals surface area contributed by atoms with Crippen molar-refractivity contribution in [2.24, 2.45) is 5.41 Å². The predicted molar refractivity (Wildman–Crippen MR) is 210 cm³/mol. The molecule has 0 saturated heterocycles. The first-order chi connectivity index (χ1) is 23.4. The summed E-state index contributed by atoms with van der Waals surface area (Å²) in [6.07, 6.45) is 1.07. The van der Waals surface area contributed by atoms with Gasteiger partial charge in [0.25, 0.3) is 0 Å². The molecule has 2 aliphatic heterocycles. The second kappa shape index (κ2) is 10.5. The molecule has 2 aliphatic rings. The Bertz CT molecular complexity index is 2540. The molecule has 0 amide bonds. The first kappa shape index (κ1) is 28.6. The molecule has 0 N–H and O–H groups in total. The van der Waals surface area contributed by atoms with Gasteiger partial charge in [-0.25, -0.2) is 0 Å². The Kier molecular flexibility index (Phi) is 6.27. The Balaban J connectivity index is 1.19. The third-order valence-electron chi connectivity index (χ3n) is 10.2. The van der Waals surface area contributed by atoms with Crippen molar-refractivity contribution in [2.45, 2.75) is 46.8 Å². The molecule has 48 heavy (non-hydrogen) atoms. The molecule has 0 bridgehead atoms. The van der Waals surface area contributed by atoms with E-state index >= 15 is 0 Å². The van der Waals surface area contributed by atoms with Crippen molar-refractivity contribution in [1.82, 2.24) is 0 Å². The summed E-state index contributed by atoms with van der Waals surface area (Å²) in [7, 11) is 0. The van der Waals surface area contributed by atoms with Crippen molar-refractivity contribution < 1.29 is 0 Å². The van der Waals surface area contributed by atoms with E-state index in [0.29, 0.717) is 0 Å². The molecule has 0 nitrogen and oxygen atoms in total. The van der Waals surface area contributed by atoms with E-state index < -0.39 is 0 Å². The second-order valence-corrected chi connectivity index (χ2v) is 16.9. The van der Waals surface area contributed by atoms with E-state index in [1.54, 1.807) is 0 Å². The second-order valence-electron chi connectivity index (χ2n) is 14.7. The summed E-state index contributed by atoms with van der Waals surface area (Å²) >= 11 is 3.93. The average molecular weight is 649 g/mol. The summed E-state index contributed by atoms with van der Waals surface area (Å²) in [5.74, 6) is 0. The molecule has 0 aliphatic carbocycles. The average Bonchev–Trinajstić information content (AvgIpc) is 3.09. The van der Waals surface area contributed by atoms with Crippen LogP contribution in [0.2, 0.25) is 0 Å². The zero-order chi connectivity index (χ0) is 32.1. The van der Waals surface area contributed by atoms with Crippen LogP contribution in [-0.4, -0.2) is 6.71 Å². The third-order valence-corrected chi connectivity index (χ3v) is 12.5. The van der Waals surface area contributed by atoms with Crippen LogP contribution in [0.3, 0.4) is 0 Å². The Hall–Kier alpha value is -4.44. The van der Waals surface area contributed by atoms with E-state index in [4.69, 9.17) is 0 Å². The minimum absolute atomic E-state index is 0.189. The molecule has 8 aromatic carbocycles. The third kappa shape index (κ3) is 4.48. The van der Waals surface area contributed by atoms with Crippen LogP contribution < -0.4 is 16.4 Å². The van der Waals surface area contributed by atoms with Crippen LogP contribution in [0.15, 0.2) is 153 Å². The monoisotopic (exact) mass is 648 g/mol. The first-order valence-corrected chi connectivity index (χ1v) is 18.5. The molecule has 10 rings (SSSR count). The minimum atomic E-state index is 0.189. The summed E-state index contributed by atoms with van der Waals surface area (Å²) in [5, 5.41) is 8.01. The van der Waals surface area contributed by atoms with Gasteiger partial charge in [-0.15, -0.1) is 0 Å². The van der Waals surface area contributed by atoms with E-state index in [9.17, 15) is 0 Å². The van der Waals surface area contributed by atoms with Gasteiger partial charge < -0.3 is 0 Å². The summed E-state index contributed by atoms with van der Waals surface area (Å²) in [6, 6.07) is 50.8. The molecule has 0 fully saturated rings. The number of hydrogen-bond donors (Lipinski definition) is 0. The number of rotatable bonds is 3.